The summed E-state index contributed by atoms with van der Waals surface area (Å²) in [7, 11) is 0. The third kappa shape index (κ3) is 2.71. The predicted molar refractivity (Wildman–Crippen MR) is 69.2 cm³/mol. The van der Waals surface area contributed by atoms with Crippen LogP contribution in [0.2, 0.25) is 4.34 Å². The van der Waals surface area contributed by atoms with Crippen molar-refractivity contribution in [3.8, 4) is 11.3 Å². The summed E-state index contributed by atoms with van der Waals surface area (Å²) >= 11 is 9.03. The highest BCUT2D eigenvalue weighted by molar-refractivity contribution is 7.15. The number of anilines is 1. The molecule has 5 heteroatoms. The van der Waals surface area contributed by atoms with E-state index in [9.17, 15) is 0 Å². The average molecular weight is 259 g/mol. The fraction of sp³-hybridized carbons (Fsp3) is 0.300. The quantitative estimate of drug-likeness (QED) is 0.886. The van der Waals surface area contributed by atoms with Gasteiger partial charge in [-0.15, -0.1) is 22.7 Å². The van der Waals surface area contributed by atoms with E-state index in [0.29, 0.717) is 6.04 Å². The Bertz CT molecular complexity index is 448. The molecule has 15 heavy (non-hydrogen) atoms. The minimum atomic E-state index is 0.412. The summed E-state index contributed by atoms with van der Waals surface area (Å²) in [4.78, 5) is 4.49. The summed E-state index contributed by atoms with van der Waals surface area (Å²) < 4.78 is 0.802. The van der Waals surface area contributed by atoms with Gasteiger partial charge >= 0.3 is 0 Å². The van der Waals surface area contributed by atoms with Crippen LogP contribution in [-0.2, 0) is 0 Å². The van der Waals surface area contributed by atoms with Crippen LogP contribution in [0.4, 0.5) is 5.13 Å². The molecular weight excluding hydrogens is 248 g/mol. The molecule has 2 nitrogen and oxygen atoms in total. The van der Waals surface area contributed by atoms with E-state index >= 15 is 0 Å². The van der Waals surface area contributed by atoms with Crippen molar-refractivity contribution in [1.82, 2.24) is 4.98 Å². The summed E-state index contributed by atoms with van der Waals surface area (Å²) in [6.45, 7) is 4.20. The van der Waals surface area contributed by atoms with Gasteiger partial charge in [0.25, 0.3) is 0 Å². The van der Waals surface area contributed by atoms with Crippen LogP contribution in [-0.4, -0.2) is 11.0 Å². The molecule has 0 bridgehead atoms. The molecule has 2 rings (SSSR count). The molecule has 0 aliphatic heterocycles. The number of hydrogen-bond acceptors (Lipinski definition) is 4. The van der Waals surface area contributed by atoms with Crippen molar-refractivity contribution in [3.63, 3.8) is 0 Å². The van der Waals surface area contributed by atoms with Gasteiger partial charge in [-0.05, 0) is 19.9 Å². The first-order valence-corrected chi connectivity index (χ1v) is 6.75. The van der Waals surface area contributed by atoms with Crippen molar-refractivity contribution in [3.05, 3.63) is 21.2 Å². The number of nitrogens with one attached hydrogen (secondary N) is 1. The van der Waals surface area contributed by atoms with E-state index in [4.69, 9.17) is 11.6 Å². The van der Waals surface area contributed by atoms with Gasteiger partial charge in [-0.2, -0.15) is 0 Å². The zero-order chi connectivity index (χ0) is 10.8. The molecule has 0 aromatic carbocycles. The third-order valence-electron chi connectivity index (χ3n) is 1.78. The summed E-state index contributed by atoms with van der Waals surface area (Å²) in [5.41, 5.74) is 2.09. The molecule has 0 atom stereocenters. The largest absolute Gasteiger partial charge is 0.359 e. The van der Waals surface area contributed by atoms with Crippen LogP contribution in [0, 0.1) is 0 Å². The minimum Gasteiger partial charge on any atom is -0.359 e. The molecule has 1 N–H and O–H groups in total. The second-order valence-electron chi connectivity index (χ2n) is 3.48. The Morgan fingerprint density at radius 3 is 2.73 bits per heavy atom. The van der Waals surface area contributed by atoms with E-state index in [1.807, 2.05) is 16.8 Å². The van der Waals surface area contributed by atoms with E-state index in [1.54, 1.807) is 11.3 Å². The SMILES string of the molecule is CC(C)Nc1nc(-c2csc(Cl)c2)cs1. The van der Waals surface area contributed by atoms with Gasteiger partial charge in [0.2, 0.25) is 0 Å². The Morgan fingerprint density at radius 1 is 1.33 bits per heavy atom. The number of rotatable bonds is 3. The van der Waals surface area contributed by atoms with Gasteiger partial charge in [-0.25, -0.2) is 4.98 Å². The number of halogens is 1. The maximum Gasteiger partial charge on any atom is 0.183 e. The third-order valence-corrected chi connectivity index (χ3v) is 3.64. The Hall–Kier alpha value is -0.580. The van der Waals surface area contributed by atoms with Crippen LogP contribution in [0.3, 0.4) is 0 Å². The number of hydrogen-bond donors (Lipinski definition) is 1. The lowest BCUT2D eigenvalue weighted by Crippen LogP contribution is -2.08. The van der Waals surface area contributed by atoms with E-state index < -0.39 is 0 Å². The van der Waals surface area contributed by atoms with Crippen molar-refractivity contribution in [2.24, 2.45) is 0 Å². The fourth-order valence-corrected chi connectivity index (χ4v) is 2.91. The van der Waals surface area contributed by atoms with Crippen LogP contribution >= 0.6 is 34.3 Å². The molecule has 2 aromatic rings. The first-order valence-electron chi connectivity index (χ1n) is 4.61. The number of thiazole rings is 1. The van der Waals surface area contributed by atoms with Crippen LogP contribution in [0.25, 0.3) is 11.3 Å². The standard InChI is InChI=1S/C10H11ClN2S2/c1-6(2)12-10-13-8(5-15-10)7-3-9(11)14-4-7/h3-6H,1-2H3,(H,12,13). The Balaban J connectivity index is 2.20. The first-order chi connectivity index (χ1) is 7.15. The highest BCUT2D eigenvalue weighted by atomic mass is 35.5. The Kier molecular flexibility index (Phi) is 3.29. The van der Waals surface area contributed by atoms with Gasteiger partial charge in [0.1, 0.15) is 0 Å². The van der Waals surface area contributed by atoms with Gasteiger partial charge in [0.05, 0.1) is 10.0 Å². The second-order valence-corrected chi connectivity index (χ2v) is 5.88. The van der Waals surface area contributed by atoms with Crippen LogP contribution in [0.5, 0.6) is 0 Å². The topological polar surface area (TPSA) is 24.9 Å². The number of thiophene rings is 1. The molecule has 0 aliphatic rings. The van der Waals surface area contributed by atoms with Gasteiger partial charge in [0.15, 0.2) is 5.13 Å². The Morgan fingerprint density at radius 2 is 2.13 bits per heavy atom. The van der Waals surface area contributed by atoms with E-state index in [1.165, 1.54) is 11.3 Å². The van der Waals surface area contributed by atoms with Gasteiger partial charge in [0, 0.05) is 22.4 Å². The summed E-state index contributed by atoms with van der Waals surface area (Å²) in [6, 6.07) is 2.36. The molecule has 0 saturated carbocycles. The summed E-state index contributed by atoms with van der Waals surface area (Å²) in [6.07, 6.45) is 0. The zero-order valence-corrected chi connectivity index (χ0v) is 10.8. The number of nitrogens with zero attached hydrogens (tertiary/aromatic N) is 1. The predicted octanol–water partition coefficient (Wildman–Crippen LogP) is 4.35. The van der Waals surface area contributed by atoms with Gasteiger partial charge in [-0.1, -0.05) is 11.6 Å². The Labute approximate surface area is 102 Å². The molecule has 0 amide bonds. The van der Waals surface area contributed by atoms with Gasteiger partial charge < -0.3 is 5.32 Å². The van der Waals surface area contributed by atoms with Crippen molar-refractivity contribution < 1.29 is 0 Å². The van der Waals surface area contributed by atoms with Crippen molar-refractivity contribution in [2.45, 2.75) is 19.9 Å². The average Bonchev–Trinajstić information content (AvgIpc) is 2.72. The molecule has 0 aliphatic carbocycles. The van der Waals surface area contributed by atoms with Gasteiger partial charge in [-0.3, -0.25) is 0 Å². The molecule has 80 valence electrons. The molecular formula is C10H11ClN2S2. The lowest BCUT2D eigenvalue weighted by Gasteiger charge is -2.04. The van der Waals surface area contributed by atoms with E-state index in [2.05, 4.69) is 24.1 Å². The van der Waals surface area contributed by atoms with Crippen molar-refractivity contribution in [1.29, 1.82) is 0 Å². The van der Waals surface area contributed by atoms with Crippen molar-refractivity contribution in [2.75, 3.05) is 5.32 Å². The van der Waals surface area contributed by atoms with Crippen molar-refractivity contribution >= 4 is 39.4 Å². The highest BCUT2D eigenvalue weighted by Gasteiger charge is 2.06. The maximum absolute atomic E-state index is 5.88. The zero-order valence-electron chi connectivity index (χ0n) is 8.45. The van der Waals surface area contributed by atoms with E-state index in [-0.39, 0.29) is 0 Å². The summed E-state index contributed by atoms with van der Waals surface area (Å²) in [5, 5.41) is 8.31. The summed E-state index contributed by atoms with van der Waals surface area (Å²) in [5.74, 6) is 0. The molecule has 2 aromatic heterocycles. The smallest absolute Gasteiger partial charge is 0.183 e. The van der Waals surface area contributed by atoms with E-state index in [0.717, 1.165) is 20.7 Å². The first kappa shape index (κ1) is 10.9. The van der Waals surface area contributed by atoms with Crippen LogP contribution in [0.15, 0.2) is 16.8 Å². The highest BCUT2D eigenvalue weighted by Crippen LogP contribution is 2.30. The number of aromatic nitrogens is 1. The monoisotopic (exact) mass is 258 g/mol. The normalized spacial score (nSPS) is 10.9. The molecule has 0 spiro atoms. The van der Waals surface area contributed by atoms with Crippen LogP contribution < -0.4 is 5.32 Å². The van der Waals surface area contributed by atoms with Crippen LogP contribution in [0.1, 0.15) is 13.8 Å². The fourth-order valence-electron chi connectivity index (χ4n) is 1.16. The minimum absolute atomic E-state index is 0.412. The molecule has 0 saturated heterocycles. The lowest BCUT2D eigenvalue weighted by atomic mass is 10.3. The molecule has 0 unspecified atom stereocenters. The molecule has 0 radical (unpaired) electrons. The molecule has 2 heterocycles. The molecule has 0 fully saturated rings. The second kappa shape index (κ2) is 4.51. The maximum atomic E-state index is 5.88. The lowest BCUT2D eigenvalue weighted by molar-refractivity contribution is 0.897.